The van der Waals surface area contributed by atoms with Gasteiger partial charge < -0.3 is 26.7 Å². The Morgan fingerprint density at radius 2 is 2.06 bits per heavy atom. The van der Waals surface area contributed by atoms with Gasteiger partial charge in [0, 0.05) is 36.3 Å². The fourth-order valence-corrected chi connectivity index (χ4v) is 4.42. The van der Waals surface area contributed by atoms with Crippen molar-refractivity contribution in [2.45, 2.75) is 57.7 Å². The molecule has 0 aliphatic heterocycles. The van der Waals surface area contributed by atoms with E-state index in [9.17, 15) is 18.0 Å². The predicted octanol–water partition coefficient (Wildman–Crippen LogP) is 4.60. The van der Waals surface area contributed by atoms with Crippen molar-refractivity contribution >= 4 is 34.1 Å². The SMILES string of the molecule is CC(C)Cn1ccc2c(Nc3nc(NC4CCCC(F)(F)C4N)c(F)cc3C(N)=O)cccc21. The number of amides is 1. The number of carbonyl (C=O) groups excluding carboxylic acids is 1. The van der Waals surface area contributed by atoms with Crippen molar-refractivity contribution in [3.63, 3.8) is 0 Å². The van der Waals surface area contributed by atoms with Crippen LogP contribution in [0.1, 0.15) is 43.5 Å². The zero-order chi connectivity index (χ0) is 24.6. The Kier molecular flexibility index (Phi) is 6.44. The molecule has 4 rings (SSSR count). The molecule has 182 valence electrons. The van der Waals surface area contributed by atoms with E-state index < -0.39 is 29.7 Å². The van der Waals surface area contributed by atoms with Crippen LogP contribution in [0.25, 0.3) is 10.9 Å². The molecule has 3 aromatic rings. The Morgan fingerprint density at radius 3 is 2.76 bits per heavy atom. The third-order valence-corrected chi connectivity index (χ3v) is 6.14. The van der Waals surface area contributed by atoms with Crippen LogP contribution >= 0.6 is 0 Å². The van der Waals surface area contributed by atoms with Crippen molar-refractivity contribution in [3.05, 3.63) is 47.9 Å². The fraction of sp³-hybridized carbons (Fsp3) is 0.417. The first-order valence-electron chi connectivity index (χ1n) is 11.3. The topological polar surface area (TPSA) is 111 Å². The van der Waals surface area contributed by atoms with Gasteiger partial charge in [0.1, 0.15) is 5.82 Å². The number of hydrogen-bond acceptors (Lipinski definition) is 5. The van der Waals surface area contributed by atoms with Crippen LogP contribution in [-0.2, 0) is 6.54 Å². The Hall–Kier alpha value is -3.27. The standard InChI is InChI=1S/C24H29F3N6O/c1-13(2)12-33-10-8-14-17(5-3-7-19(14)33)30-22-15(21(29)34)11-16(25)23(32-22)31-18-6-4-9-24(26,27)20(18)28/h3,5,7-8,10-11,13,18,20H,4,6,9,12,28H2,1-2H3,(H2,29,34)(H2,30,31,32). The summed E-state index contributed by atoms with van der Waals surface area (Å²) in [7, 11) is 0. The Balaban J connectivity index is 1.69. The van der Waals surface area contributed by atoms with Gasteiger partial charge in [-0.15, -0.1) is 0 Å². The second kappa shape index (κ2) is 9.17. The second-order valence-electron chi connectivity index (χ2n) is 9.23. The number of hydrogen-bond donors (Lipinski definition) is 4. The molecule has 1 saturated carbocycles. The smallest absolute Gasteiger partial charge is 0.264 e. The number of nitrogens with two attached hydrogens (primary N) is 2. The lowest BCUT2D eigenvalue weighted by Crippen LogP contribution is -2.55. The lowest BCUT2D eigenvalue weighted by atomic mass is 9.87. The van der Waals surface area contributed by atoms with E-state index in [1.54, 1.807) is 0 Å². The minimum Gasteiger partial charge on any atom is -0.365 e. The minimum atomic E-state index is -3.06. The van der Waals surface area contributed by atoms with Gasteiger partial charge in [0.25, 0.3) is 11.8 Å². The molecule has 2 aromatic heterocycles. The predicted molar refractivity (Wildman–Crippen MR) is 127 cm³/mol. The summed E-state index contributed by atoms with van der Waals surface area (Å²) in [5.41, 5.74) is 12.7. The molecule has 1 amide bonds. The Labute approximate surface area is 195 Å². The second-order valence-corrected chi connectivity index (χ2v) is 9.23. The first-order chi connectivity index (χ1) is 16.1. The summed E-state index contributed by atoms with van der Waals surface area (Å²) in [4.78, 5) is 16.2. The maximum absolute atomic E-state index is 14.8. The summed E-state index contributed by atoms with van der Waals surface area (Å²) in [5, 5.41) is 6.69. The molecule has 1 aromatic carbocycles. The van der Waals surface area contributed by atoms with E-state index in [0.29, 0.717) is 18.0 Å². The molecule has 1 aliphatic carbocycles. The summed E-state index contributed by atoms with van der Waals surface area (Å²) >= 11 is 0. The third kappa shape index (κ3) is 4.68. The number of benzene rings is 1. The van der Waals surface area contributed by atoms with Gasteiger partial charge in [0.05, 0.1) is 17.1 Å². The monoisotopic (exact) mass is 474 g/mol. The largest absolute Gasteiger partial charge is 0.365 e. The third-order valence-electron chi connectivity index (χ3n) is 6.14. The quantitative estimate of drug-likeness (QED) is 0.400. The van der Waals surface area contributed by atoms with Crippen molar-refractivity contribution in [1.82, 2.24) is 9.55 Å². The normalized spacial score (nSPS) is 20.0. The van der Waals surface area contributed by atoms with E-state index in [1.165, 1.54) is 0 Å². The van der Waals surface area contributed by atoms with Crippen molar-refractivity contribution < 1.29 is 18.0 Å². The van der Waals surface area contributed by atoms with Crippen LogP contribution in [0, 0.1) is 11.7 Å². The molecule has 1 fully saturated rings. The number of nitrogens with one attached hydrogen (secondary N) is 2. The van der Waals surface area contributed by atoms with Gasteiger partial charge >= 0.3 is 0 Å². The van der Waals surface area contributed by atoms with Gasteiger partial charge in [0.15, 0.2) is 11.6 Å². The number of anilines is 3. The number of nitrogens with zero attached hydrogens (tertiary/aromatic N) is 2. The number of fused-ring (bicyclic) bond motifs is 1. The Morgan fingerprint density at radius 1 is 1.29 bits per heavy atom. The molecule has 2 unspecified atom stereocenters. The fourth-order valence-electron chi connectivity index (χ4n) is 4.42. The van der Waals surface area contributed by atoms with Crippen LogP contribution in [0.3, 0.4) is 0 Å². The van der Waals surface area contributed by atoms with Crippen molar-refractivity contribution in [2.75, 3.05) is 10.6 Å². The maximum Gasteiger partial charge on any atom is 0.264 e. The van der Waals surface area contributed by atoms with Gasteiger partial charge in [0.2, 0.25) is 0 Å². The van der Waals surface area contributed by atoms with Crippen molar-refractivity contribution in [1.29, 1.82) is 0 Å². The first-order valence-corrected chi connectivity index (χ1v) is 11.3. The van der Waals surface area contributed by atoms with E-state index in [4.69, 9.17) is 11.5 Å². The number of halogens is 3. The maximum atomic E-state index is 14.8. The molecule has 2 atom stereocenters. The lowest BCUT2D eigenvalue weighted by molar-refractivity contribution is -0.0555. The molecule has 0 bridgehead atoms. The van der Waals surface area contributed by atoms with Crippen LogP contribution in [0.2, 0.25) is 0 Å². The highest BCUT2D eigenvalue weighted by atomic mass is 19.3. The molecular formula is C24H29F3N6O. The highest BCUT2D eigenvalue weighted by Gasteiger charge is 2.45. The molecule has 10 heteroatoms. The lowest BCUT2D eigenvalue weighted by Gasteiger charge is -2.36. The number of rotatable bonds is 7. The molecule has 2 heterocycles. The van der Waals surface area contributed by atoms with E-state index >= 15 is 0 Å². The van der Waals surface area contributed by atoms with Crippen molar-refractivity contribution in [3.8, 4) is 0 Å². The van der Waals surface area contributed by atoms with Gasteiger partial charge in [-0.25, -0.2) is 18.2 Å². The summed E-state index contributed by atoms with van der Waals surface area (Å²) in [6.07, 6.45) is 2.26. The average molecular weight is 475 g/mol. The molecule has 0 radical (unpaired) electrons. The van der Waals surface area contributed by atoms with E-state index in [2.05, 4.69) is 34.0 Å². The molecule has 0 saturated heterocycles. The van der Waals surface area contributed by atoms with Gasteiger partial charge in [-0.2, -0.15) is 0 Å². The summed E-state index contributed by atoms with van der Waals surface area (Å²) < 4.78 is 45.0. The van der Waals surface area contributed by atoms with Crippen LogP contribution in [0.5, 0.6) is 0 Å². The van der Waals surface area contributed by atoms with Gasteiger partial charge in [-0.3, -0.25) is 4.79 Å². The molecule has 0 spiro atoms. The number of aromatic nitrogens is 2. The van der Waals surface area contributed by atoms with Crippen LogP contribution < -0.4 is 22.1 Å². The molecule has 1 aliphatic rings. The molecule has 6 N–H and O–H groups in total. The number of pyridine rings is 1. The van der Waals surface area contributed by atoms with E-state index in [-0.39, 0.29) is 30.0 Å². The molecule has 34 heavy (non-hydrogen) atoms. The highest BCUT2D eigenvalue weighted by Crippen LogP contribution is 2.35. The summed E-state index contributed by atoms with van der Waals surface area (Å²) in [6, 6.07) is 6.19. The van der Waals surface area contributed by atoms with Gasteiger partial charge in [-0.1, -0.05) is 19.9 Å². The first kappa shape index (κ1) is 23.9. The van der Waals surface area contributed by atoms with E-state index in [0.717, 1.165) is 23.5 Å². The van der Waals surface area contributed by atoms with Crippen LogP contribution in [0.15, 0.2) is 36.5 Å². The summed E-state index contributed by atoms with van der Waals surface area (Å²) in [5.74, 6) is -4.60. The van der Waals surface area contributed by atoms with Crippen molar-refractivity contribution in [2.24, 2.45) is 17.4 Å². The average Bonchev–Trinajstić information content (AvgIpc) is 3.16. The molecule has 7 nitrogen and oxygen atoms in total. The van der Waals surface area contributed by atoms with Gasteiger partial charge in [-0.05, 0) is 43.0 Å². The number of primary amides is 1. The minimum absolute atomic E-state index is 0.0247. The zero-order valence-corrected chi connectivity index (χ0v) is 19.1. The summed E-state index contributed by atoms with van der Waals surface area (Å²) in [6.45, 7) is 5.07. The molecular weight excluding hydrogens is 445 g/mol. The van der Waals surface area contributed by atoms with E-state index in [1.807, 2.05) is 30.5 Å². The highest BCUT2D eigenvalue weighted by molar-refractivity contribution is 6.01. The number of alkyl halides is 2. The number of carbonyl (C=O) groups is 1. The Bertz CT molecular complexity index is 1210. The van der Waals surface area contributed by atoms with Crippen LogP contribution in [-0.4, -0.2) is 33.5 Å². The van der Waals surface area contributed by atoms with Crippen LogP contribution in [0.4, 0.5) is 30.5 Å². The zero-order valence-electron chi connectivity index (χ0n) is 19.1.